The van der Waals surface area contributed by atoms with Gasteiger partial charge in [0.2, 0.25) is 5.91 Å². The van der Waals surface area contributed by atoms with Gasteiger partial charge in [-0.25, -0.2) is 13.8 Å². The highest BCUT2D eigenvalue weighted by Gasteiger charge is 2.25. The van der Waals surface area contributed by atoms with Gasteiger partial charge >= 0.3 is 0 Å². The second kappa shape index (κ2) is 8.37. The Morgan fingerprint density at radius 3 is 2.47 bits per heavy atom. The van der Waals surface area contributed by atoms with E-state index >= 15 is 0 Å². The molecule has 0 radical (unpaired) electrons. The van der Waals surface area contributed by atoms with Gasteiger partial charge in [-0.1, -0.05) is 25.1 Å². The third-order valence-corrected chi connectivity index (χ3v) is 5.57. The van der Waals surface area contributed by atoms with Crippen LogP contribution in [0.25, 0.3) is 16.6 Å². The molecule has 0 bridgehead atoms. The van der Waals surface area contributed by atoms with E-state index in [2.05, 4.69) is 15.5 Å². The van der Waals surface area contributed by atoms with Crippen LogP contribution in [0.15, 0.2) is 53.3 Å². The van der Waals surface area contributed by atoms with E-state index in [0.29, 0.717) is 40.0 Å². The van der Waals surface area contributed by atoms with Gasteiger partial charge in [0.1, 0.15) is 17.4 Å². The molecule has 8 heteroatoms. The van der Waals surface area contributed by atoms with Gasteiger partial charge in [-0.15, -0.1) is 0 Å². The topological polar surface area (TPSA) is 81.8 Å². The van der Waals surface area contributed by atoms with Gasteiger partial charge in [0.15, 0.2) is 0 Å². The number of aryl methyl sites for hydroxylation is 3. The Morgan fingerprint density at radius 2 is 1.81 bits per heavy atom. The standard InChI is InChI=1S/C24H24FN5O2/c1-5-20(23(31)26-19-12-11-17(25)13-14(19)2)30-24(32)21-16(4)29(18-9-7-6-8-10-18)28-22(21)15(3)27-30/h6-13,20H,5H2,1-4H3,(H,26,31)/t20-/m1/s1. The number of nitrogens with zero attached hydrogens (tertiary/aromatic N) is 4. The van der Waals surface area contributed by atoms with Gasteiger partial charge in [0, 0.05) is 5.69 Å². The molecule has 164 valence electrons. The zero-order valence-corrected chi connectivity index (χ0v) is 18.4. The molecule has 0 saturated heterocycles. The van der Waals surface area contributed by atoms with E-state index in [4.69, 9.17) is 0 Å². The highest BCUT2D eigenvalue weighted by atomic mass is 19.1. The molecule has 0 saturated carbocycles. The van der Waals surface area contributed by atoms with Crippen molar-refractivity contribution in [1.29, 1.82) is 0 Å². The number of para-hydroxylation sites is 1. The van der Waals surface area contributed by atoms with E-state index in [1.807, 2.05) is 44.2 Å². The molecule has 1 N–H and O–H groups in total. The smallest absolute Gasteiger partial charge is 0.278 e. The maximum atomic E-state index is 13.4. The van der Waals surface area contributed by atoms with Crippen LogP contribution in [0.3, 0.4) is 0 Å². The molecule has 0 aliphatic rings. The van der Waals surface area contributed by atoms with Gasteiger partial charge in [-0.3, -0.25) is 9.59 Å². The van der Waals surface area contributed by atoms with Crippen molar-refractivity contribution in [2.24, 2.45) is 0 Å². The van der Waals surface area contributed by atoms with Crippen LogP contribution in [0.4, 0.5) is 10.1 Å². The number of fused-ring (bicyclic) bond motifs is 1. The van der Waals surface area contributed by atoms with E-state index in [-0.39, 0.29) is 17.3 Å². The molecular weight excluding hydrogens is 409 g/mol. The van der Waals surface area contributed by atoms with Crippen LogP contribution >= 0.6 is 0 Å². The van der Waals surface area contributed by atoms with Crippen molar-refractivity contribution in [3.8, 4) is 5.69 Å². The molecule has 4 rings (SSSR count). The minimum absolute atomic E-state index is 0.357. The Labute approximate surface area is 184 Å². The first-order chi connectivity index (χ1) is 15.3. The molecule has 0 spiro atoms. The molecular formula is C24H24FN5O2. The van der Waals surface area contributed by atoms with Crippen LogP contribution in [0.5, 0.6) is 0 Å². The van der Waals surface area contributed by atoms with Gasteiger partial charge in [0.05, 0.1) is 22.5 Å². The van der Waals surface area contributed by atoms with Crippen LogP contribution in [-0.2, 0) is 4.79 Å². The average molecular weight is 433 g/mol. The first kappa shape index (κ1) is 21.4. The predicted octanol–water partition coefficient (Wildman–Crippen LogP) is 4.24. The second-order valence-electron chi connectivity index (χ2n) is 7.76. The van der Waals surface area contributed by atoms with Crippen molar-refractivity contribution in [1.82, 2.24) is 19.6 Å². The van der Waals surface area contributed by atoms with Crippen molar-refractivity contribution in [3.63, 3.8) is 0 Å². The normalized spacial score (nSPS) is 12.2. The fraction of sp³-hybridized carbons (Fsp3) is 0.250. The summed E-state index contributed by atoms with van der Waals surface area (Å²) in [6.45, 7) is 7.13. The number of halogens is 1. The minimum atomic E-state index is -0.825. The number of anilines is 1. The summed E-state index contributed by atoms with van der Waals surface area (Å²) in [7, 11) is 0. The SMILES string of the molecule is CC[C@H](C(=O)Nc1ccc(F)cc1C)n1nc(C)c2nn(-c3ccccc3)c(C)c2c1=O. The summed E-state index contributed by atoms with van der Waals surface area (Å²) in [4.78, 5) is 26.5. The Bertz CT molecular complexity index is 1370. The highest BCUT2D eigenvalue weighted by molar-refractivity contribution is 5.94. The number of carbonyl (C=O) groups excluding carboxylic acids is 1. The molecule has 2 heterocycles. The van der Waals surface area contributed by atoms with Crippen molar-refractivity contribution >= 4 is 22.5 Å². The third-order valence-electron chi connectivity index (χ3n) is 5.57. The summed E-state index contributed by atoms with van der Waals surface area (Å²) in [6, 6.07) is 12.8. The molecule has 0 aliphatic carbocycles. The second-order valence-corrected chi connectivity index (χ2v) is 7.76. The fourth-order valence-electron chi connectivity index (χ4n) is 3.87. The monoisotopic (exact) mass is 433 g/mol. The lowest BCUT2D eigenvalue weighted by atomic mass is 10.1. The van der Waals surface area contributed by atoms with Gasteiger partial charge in [0.25, 0.3) is 5.56 Å². The summed E-state index contributed by atoms with van der Waals surface area (Å²) in [6.07, 6.45) is 0.357. The molecule has 1 amide bonds. The fourth-order valence-corrected chi connectivity index (χ4v) is 3.87. The molecule has 1 atom stereocenters. The number of hydrogen-bond donors (Lipinski definition) is 1. The molecule has 32 heavy (non-hydrogen) atoms. The van der Waals surface area contributed by atoms with Crippen LogP contribution in [0.1, 0.15) is 36.3 Å². The van der Waals surface area contributed by atoms with Crippen LogP contribution in [-0.4, -0.2) is 25.5 Å². The lowest BCUT2D eigenvalue weighted by Gasteiger charge is -2.18. The van der Waals surface area contributed by atoms with Crippen LogP contribution < -0.4 is 10.9 Å². The zero-order valence-electron chi connectivity index (χ0n) is 18.4. The number of carbonyl (C=O) groups is 1. The van der Waals surface area contributed by atoms with Crippen molar-refractivity contribution < 1.29 is 9.18 Å². The number of nitrogens with one attached hydrogen (secondary N) is 1. The van der Waals surface area contributed by atoms with Crippen molar-refractivity contribution in [2.75, 3.05) is 5.32 Å². The summed E-state index contributed by atoms with van der Waals surface area (Å²) in [5.41, 5.74) is 3.30. The van der Waals surface area contributed by atoms with Crippen LogP contribution in [0, 0.1) is 26.6 Å². The maximum Gasteiger partial charge on any atom is 0.278 e. The largest absolute Gasteiger partial charge is 0.324 e. The number of amides is 1. The Kier molecular flexibility index (Phi) is 5.61. The summed E-state index contributed by atoms with van der Waals surface area (Å²) >= 11 is 0. The van der Waals surface area contributed by atoms with Crippen LogP contribution in [0.2, 0.25) is 0 Å². The first-order valence-corrected chi connectivity index (χ1v) is 10.4. The van der Waals surface area contributed by atoms with Crippen molar-refractivity contribution in [2.45, 2.75) is 40.2 Å². The van der Waals surface area contributed by atoms with Crippen molar-refractivity contribution in [3.05, 3.63) is 81.7 Å². The Hall–Kier alpha value is -3.81. The third kappa shape index (κ3) is 3.68. The minimum Gasteiger partial charge on any atom is -0.324 e. The van der Waals surface area contributed by atoms with E-state index in [1.165, 1.54) is 22.9 Å². The van der Waals surface area contributed by atoms with Gasteiger partial charge in [-0.05, 0) is 63.1 Å². The summed E-state index contributed by atoms with van der Waals surface area (Å²) in [5, 5.41) is 12.3. The average Bonchev–Trinajstić information content (AvgIpc) is 3.13. The first-order valence-electron chi connectivity index (χ1n) is 10.4. The molecule has 0 aliphatic heterocycles. The van der Waals surface area contributed by atoms with Gasteiger partial charge < -0.3 is 5.32 Å². The quantitative estimate of drug-likeness (QED) is 0.511. The molecule has 2 aromatic carbocycles. The highest BCUT2D eigenvalue weighted by Crippen LogP contribution is 2.22. The Balaban J connectivity index is 1.79. The van der Waals surface area contributed by atoms with Gasteiger partial charge in [-0.2, -0.15) is 10.2 Å². The van der Waals surface area contributed by atoms with E-state index in [0.717, 1.165) is 5.69 Å². The molecule has 0 unspecified atom stereocenters. The van der Waals surface area contributed by atoms with E-state index in [1.54, 1.807) is 18.5 Å². The zero-order chi connectivity index (χ0) is 23.0. The molecule has 7 nitrogen and oxygen atoms in total. The summed E-state index contributed by atoms with van der Waals surface area (Å²) in [5.74, 6) is -0.763. The number of benzene rings is 2. The maximum absolute atomic E-state index is 13.4. The van der Waals surface area contributed by atoms with E-state index in [9.17, 15) is 14.0 Å². The Morgan fingerprint density at radius 1 is 1.09 bits per heavy atom. The lowest BCUT2D eigenvalue weighted by Crippen LogP contribution is -2.35. The molecule has 0 fully saturated rings. The predicted molar refractivity (Wildman–Crippen MR) is 122 cm³/mol. The number of rotatable bonds is 5. The molecule has 4 aromatic rings. The number of hydrogen-bond acceptors (Lipinski definition) is 4. The lowest BCUT2D eigenvalue weighted by molar-refractivity contribution is -0.119. The summed E-state index contributed by atoms with van der Waals surface area (Å²) < 4.78 is 16.4. The number of aromatic nitrogens is 4. The van der Waals surface area contributed by atoms with E-state index < -0.39 is 6.04 Å². The molecule has 2 aromatic heterocycles.